The van der Waals surface area contributed by atoms with Crippen molar-refractivity contribution in [2.75, 3.05) is 19.7 Å². The molecule has 1 aromatic rings. The molecule has 1 aromatic carbocycles. The number of hydrogen-bond donors (Lipinski definition) is 2. The molecule has 0 saturated carbocycles. The average Bonchev–Trinajstić information content (AvgIpc) is 2.46. The Balaban J connectivity index is 2.04. The van der Waals surface area contributed by atoms with E-state index in [0.717, 1.165) is 19.4 Å². The summed E-state index contributed by atoms with van der Waals surface area (Å²) in [5.41, 5.74) is 2.52. The van der Waals surface area contributed by atoms with Crippen LogP contribution in [0.3, 0.4) is 0 Å². The number of carbonyl (C=O) groups is 1. The van der Waals surface area contributed by atoms with Gasteiger partial charge in [-0.05, 0) is 24.0 Å². The Labute approximate surface area is 114 Å². The fourth-order valence-electron chi connectivity index (χ4n) is 2.57. The number of benzene rings is 1. The van der Waals surface area contributed by atoms with Gasteiger partial charge in [0.15, 0.2) is 0 Å². The Kier molecular flexibility index (Phi) is 4.93. The molecule has 0 aliphatic carbocycles. The van der Waals surface area contributed by atoms with E-state index in [0.29, 0.717) is 13.1 Å². The normalized spacial score (nSPS) is 17.9. The van der Waals surface area contributed by atoms with E-state index in [1.165, 1.54) is 11.1 Å². The van der Waals surface area contributed by atoms with Crippen molar-refractivity contribution in [2.45, 2.75) is 32.4 Å². The number of carbonyl (C=O) groups excluding carboxylic acids is 1. The monoisotopic (exact) mass is 262 g/mol. The lowest BCUT2D eigenvalue weighted by molar-refractivity contribution is -0.134. The third kappa shape index (κ3) is 3.33. The van der Waals surface area contributed by atoms with Crippen LogP contribution in [0, 0.1) is 0 Å². The summed E-state index contributed by atoms with van der Waals surface area (Å²) >= 11 is 0. The van der Waals surface area contributed by atoms with E-state index in [1.807, 2.05) is 19.1 Å². The van der Waals surface area contributed by atoms with Gasteiger partial charge >= 0.3 is 0 Å². The Hall–Kier alpha value is -1.39. The van der Waals surface area contributed by atoms with Crippen molar-refractivity contribution in [2.24, 2.45) is 0 Å². The number of hydrogen-bond acceptors (Lipinski definition) is 3. The molecule has 4 nitrogen and oxygen atoms in total. The minimum atomic E-state index is -0.159. The molecule has 0 saturated heterocycles. The molecule has 0 fully saturated rings. The van der Waals surface area contributed by atoms with Gasteiger partial charge in [-0.1, -0.05) is 31.2 Å². The summed E-state index contributed by atoms with van der Waals surface area (Å²) < 4.78 is 0. The number of fused-ring (bicyclic) bond motifs is 1. The van der Waals surface area contributed by atoms with Crippen LogP contribution in [0.5, 0.6) is 0 Å². The van der Waals surface area contributed by atoms with Crippen molar-refractivity contribution in [1.82, 2.24) is 10.2 Å². The maximum absolute atomic E-state index is 12.4. The molecule has 0 bridgehead atoms. The molecule has 0 unspecified atom stereocenters. The summed E-state index contributed by atoms with van der Waals surface area (Å²) in [7, 11) is 0. The minimum Gasteiger partial charge on any atom is -0.395 e. The van der Waals surface area contributed by atoms with Crippen molar-refractivity contribution < 1.29 is 9.90 Å². The SMILES string of the molecule is CCCN(CCO)C(=O)[C@H]1Cc2ccccc2CN1. The van der Waals surface area contributed by atoms with Crippen molar-refractivity contribution in [3.8, 4) is 0 Å². The van der Waals surface area contributed by atoms with Crippen LogP contribution >= 0.6 is 0 Å². The molecule has 1 heterocycles. The van der Waals surface area contributed by atoms with Crippen LogP contribution in [0.15, 0.2) is 24.3 Å². The Morgan fingerprint density at radius 2 is 2.11 bits per heavy atom. The Morgan fingerprint density at radius 3 is 2.79 bits per heavy atom. The molecule has 0 spiro atoms. The molecule has 4 heteroatoms. The largest absolute Gasteiger partial charge is 0.395 e. The second kappa shape index (κ2) is 6.68. The summed E-state index contributed by atoms with van der Waals surface area (Å²) in [6, 6.07) is 8.07. The summed E-state index contributed by atoms with van der Waals surface area (Å²) in [6.45, 7) is 3.94. The smallest absolute Gasteiger partial charge is 0.240 e. The first kappa shape index (κ1) is 14.0. The molecule has 19 heavy (non-hydrogen) atoms. The van der Waals surface area contributed by atoms with Gasteiger partial charge in [-0.3, -0.25) is 4.79 Å². The molecule has 0 aromatic heterocycles. The van der Waals surface area contributed by atoms with E-state index in [1.54, 1.807) is 4.90 Å². The lowest BCUT2D eigenvalue weighted by Crippen LogP contribution is -2.50. The molecule has 1 aliphatic heterocycles. The first-order chi connectivity index (χ1) is 9.26. The van der Waals surface area contributed by atoms with Crippen molar-refractivity contribution >= 4 is 5.91 Å². The zero-order chi connectivity index (χ0) is 13.7. The first-order valence-electron chi connectivity index (χ1n) is 6.96. The molecule has 1 atom stereocenters. The fourth-order valence-corrected chi connectivity index (χ4v) is 2.57. The highest BCUT2D eigenvalue weighted by Gasteiger charge is 2.27. The Morgan fingerprint density at radius 1 is 1.37 bits per heavy atom. The maximum Gasteiger partial charge on any atom is 0.240 e. The van der Waals surface area contributed by atoms with Crippen molar-refractivity contribution in [1.29, 1.82) is 0 Å². The van der Waals surface area contributed by atoms with E-state index in [9.17, 15) is 4.79 Å². The van der Waals surface area contributed by atoms with Crippen LogP contribution < -0.4 is 5.32 Å². The molecule has 1 aliphatic rings. The number of nitrogens with one attached hydrogen (secondary N) is 1. The third-order valence-corrected chi connectivity index (χ3v) is 3.55. The van der Waals surface area contributed by atoms with Gasteiger partial charge in [-0.25, -0.2) is 0 Å². The van der Waals surface area contributed by atoms with Gasteiger partial charge in [0.05, 0.1) is 12.6 Å². The fraction of sp³-hybridized carbons (Fsp3) is 0.533. The van der Waals surface area contributed by atoms with E-state index in [2.05, 4.69) is 17.4 Å². The lowest BCUT2D eigenvalue weighted by Gasteiger charge is -2.30. The number of rotatable bonds is 5. The van der Waals surface area contributed by atoms with Gasteiger partial charge in [-0.15, -0.1) is 0 Å². The second-order valence-corrected chi connectivity index (χ2v) is 4.96. The highest BCUT2D eigenvalue weighted by Crippen LogP contribution is 2.17. The quantitative estimate of drug-likeness (QED) is 0.830. The van der Waals surface area contributed by atoms with Crippen molar-refractivity contribution in [3.05, 3.63) is 35.4 Å². The summed E-state index contributed by atoms with van der Waals surface area (Å²) in [6.07, 6.45) is 1.65. The number of aliphatic hydroxyl groups is 1. The molecule has 104 valence electrons. The second-order valence-electron chi connectivity index (χ2n) is 4.96. The van der Waals surface area contributed by atoms with Crippen LogP contribution in [0.4, 0.5) is 0 Å². The zero-order valence-electron chi connectivity index (χ0n) is 11.4. The highest BCUT2D eigenvalue weighted by molar-refractivity contribution is 5.82. The van der Waals surface area contributed by atoms with Gasteiger partial charge in [0.1, 0.15) is 0 Å². The van der Waals surface area contributed by atoms with Crippen LogP contribution in [0.25, 0.3) is 0 Å². The molecule has 2 N–H and O–H groups in total. The van der Waals surface area contributed by atoms with Crippen molar-refractivity contribution in [3.63, 3.8) is 0 Å². The number of aliphatic hydroxyl groups excluding tert-OH is 1. The van der Waals surface area contributed by atoms with Crippen LogP contribution in [0.1, 0.15) is 24.5 Å². The highest BCUT2D eigenvalue weighted by atomic mass is 16.3. The van der Waals surface area contributed by atoms with E-state index >= 15 is 0 Å². The minimum absolute atomic E-state index is 0.0229. The van der Waals surface area contributed by atoms with Gasteiger partial charge in [0, 0.05) is 19.6 Å². The Bertz CT molecular complexity index is 428. The van der Waals surface area contributed by atoms with Crippen LogP contribution in [-0.2, 0) is 17.8 Å². The van der Waals surface area contributed by atoms with Gasteiger partial charge in [0.25, 0.3) is 0 Å². The average molecular weight is 262 g/mol. The van der Waals surface area contributed by atoms with E-state index in [-0.39, 0.29) is 18.6 Å². The van der Waals surface area contributed by atoms with Gasteiger partial charge in [-0.2, -0.15) is 0 Å². The van der Waals surface area contributed by atoms with E-state index in [4.69, 9.17) is 5.11 Å². The number of nitrogens with zero attached hydrogens (tertiary/aromatic N) is 1. The summed E-state index contributed by atoms with van der Waals surface area (Å²) in [5, 5.41) is 12.4. The molecular weight excluding hydrogens is 240 g/mol. The summed E-state index contributed by atoms with van der Waals surface area (Å²) in [5.74, 6) is 0.102. The molecular formula is C15H22N2O2. The maximum atomic E-state index is 12.4. The van der Waals surface area contributed by atoms with E-state index < -0.39 is 0 Å². The van der Waals surface area contributed by atoms with Gasteiger partial charge in [0.2, 0.25) is 5.91 Å². The third-order valence-electron chi connectivity index (χ3n) is 3.55. The van der Waals surface area contributed by atoms with Gasteiger partial charge < -0.3 is 15.3 Å². The topological polar surface area (TPSA) is 52.6 Å². The lowest BCUT2D eigenvalue weighted by atomic mass is 9.95. The predicted octanol–water partition coefficient (Wildman–Crippen LogP) is 0.932. The van der Waals surface area contributed by atoms with Crippen LogP contribution in [0.2, 0.25) is 0 Å². The molecule has 1 amide bonds. The number of amides is 1. The van der Waals surface area contributed by atoms with Crippen LogP contribution in [-0.4, -0.2) is 41.7 Å². The standard InChI is InChI=1S/C15H22N2O2/c1-2-7-17(8-9-18)15(19)14-10-12-5-3-4-6-13(12)11-16-14/h3-6,14,16,18H,2,7-11H2,1H3/t14-/m1/s1. The zero-order valence-corrected chi connectivity index (χ0v) is 11.4. The molecule has 2 rings (SSSR count). The summed E-state index contributed by atoms with van der Waals surface area (Å²) in [4.78, 5) is 14.2. The molecule has 0 radical (unpaired) electrons. The first-order valence-corrected chi connectivity index (χ1v) is 6.96. The predicted molar refractivity (Wildman–Crippen MR) is 74.7 cm³/mol.